The van der Waals surface area contributed by atoms with E-state index in [9.17, 15) is 4.79 Å². The maximum atomic E-state index is 12.2. The zero-order valence-corrected chi connectivity index (χ0v) is 17.5. The van der Waals surface area contributed by atoms with Crippen LogP contribution in [0.3, 0.4) is 0 Å². The van der Waals surface area contributed by atoms with Gasteiger partial charge < -0.3 is 5.32 Å². The van der Waals surface area contributed by atoms with E-state index in [1.165, 1.54) is 12.8 Å². The third kappa shape index (κ3) is 5.38. The van der Waals surface area contributed by atoms with E-state index >= 15 is 0 Å². The molecule has 1 aliphatic rings. The van der Waals surface area contributed by atoms with Crippen molar-refractivity contribution in [3.8, 4) is 0 Å². The zero-order chi connectivity index (χ0) is 20.1. The van der Waals surface area contributed by atoms with Gasteiger partial charge in [0.25, 0.3) is 5.56 Å². The molecule has 0 bridgehead atoms. The van der Waals surface area contributed by atoms with E-state index in [1.807, 2.05) is 13.0 Å². The van der Waals surface area contributed by atoms with Crippen LogP contribution in [0.2, 0.25) is 0 Å². The molecule has 0 aromatic carbocycles. The minimum Gasteiger partial charge on any atom is -0.367 e. The van der Waals surface area contributed by atoms with Crippen molar-refractivity contribution in [1.29, 1.82) is 0 Å². The number of aryl methyl sites for hydroxylation is 1. The highest BCUT2D eigenvalue weighted by Gasteiger charge is 2.23. The second kappa shape index (κ2) is 8.82. The number of piperidine rings is 1. The van der Waals surface area contributed by atoms with E-state index in [-0.39, 0.29) is 11.0 Å². The number of hydrogen-bond donors (Lipinski definition) is 1. The number of likely N-dealkylation sites (tertiary alicyclic amines) is 1. The van der Waals surface area contributed by atoms with E-state index in [1.54, 1.807) is 23.1 Å². The Bertz CT molecular complexity index is 824. The average Bonchev–Trinajstić information content (AvgIpc) is 2.66. The summed E-state index contributed by atoms with van der Waals surface area (Å²) in [6, 6.07) is 3.91. The van der Waals surface area contributed by atoms with E-state index in [4.69, 9.17) is 0 Å². The summed E-state index contributed by atoms with van der Waals surface area (Å²) in [5, 5.41) is 8.01. The first kappa shape index (κ1) is 20.5. The van der Waals surface area contributed by atoms with Crippen molar-refractivity contribution < 1.29 is 0 Å². The molecule has 2 aromatic heterocycles. The molecular formula is C21H32N6O. The molecule has 7 nitrogen and oxygen atoms in total. The van der Waals surface area contributed by atoms with Crippen LogP contribution in [0.1, 0.15) is 51.4 Å². The summed E-state index contributed by atoms with van der Waals surface area (Å²) in [6.07, 6.45) is 7.15. The van der Waals surface area contributed by atoms with Crippen LogP contribution in [-0.4, -0.2) is 50.3 Å². The fraction of sp³-hybridized carbons (Fsp3) is 0.619. The van der Waals surface area contributed by atoms with Crippen LogP contribution in [0, 0.1) is 6.92 Å². The Morgan fingerprint density at radius 3 is 2.68 bits per heavy atom. The highest BCUT2D eigenvalue weighted by atomic mass is 16.1. The first-order chi connectivity index (χ1) is 13.3. The molecule has 1 aliphatic heterocycles. The quantitative estimate of drug-likeness (QED) is 0.825. The largest absolute Gasteiger partial charge is 0.367 e. The molecule has 0 amide bonds. The molecule has 0 saturated carbocycles. The predicted molar refractivity (Wildman–Crippen MR) is 112 cm³/mol. The van der Waals surface area contributed by atoms with Crippen molar-refractivity contribution >= 4 is 5.82 Å². The van der Waals surface area contributed by atoms with Crippen molar-refractivity contribution in [2.75, 3.05) is 25.0 Å². The predicted octanol–water partition coefficient (Wildman–Crippen LogP) is 2.61. The summed E-state index contributed by atoms with van der Waals surface area (Å²) in [4.78, 5) is 23.4. The van der Waals surface area contributed by atoms with Crippen molar-refractivity contribution in [1.82, 2.24) is 24.6 Å². The lowest BCUT2D eigenvalue weighted by Gasteiger charge is -2.36. The van der Waals surface area contributed by atoms with E-state index in [0.29, 0.717) is 12.6 Å². The second-order valence-electron chi connectivity index (χ2n) is 8.64. The van der Waals surface area contributed by atoms with Crippen molar-refractivity contribution in [3.05, 3.63) is 46.3 Å². The molecule has 0 spiro atoms. The highest BCUT2D eigenvalue weighted by Crippen LogP contribution is 2.19. The number of rotatable bonds is 6. The van der Waals surface area contributed by atoms with Gasteiger partial charge in [0.15, 0.2) is 0 Å². The van der Waals surface area contributed by atoms with Gasteiger partial charge in [-0.1, -0.05) is 27.2 Å². The van der Waals surface area contributed by atoms with Crippen LogP contribution < -0.4 is 10.9 Å². The Labute approximate surface area is 167 Å². The highest BCUT2D eigenvalue weighted by molar-refractivity contribution is 5.31. The molecule has 0 aliphatic carbocycles. The summed E-state index contributed by atoms with van der Waals surface area (Å²) in [6.45, 7) is 11.6. The lowest BCUT2D eigenvalue weighted by atomic mass is 9.92. The van der Waals surface area contributed by atoms with Crippen molar-refractivity contribution in [2.45, 2.75) is 65.0 Å². The molecule has 152 valence electrons. The van der Waals surface area contributed by atoms with Gasteiger partial charge in [0, 0.05) is 30.6 Å². The number of nitrogens with one attached hydrogen (secondary N) is 1. The number of nitrogens with zero attached hydrogens (tertiary/aromatic N) is 5. The van der Waals surface area contributed by atoms with Crippen LogP contribution in [0.25, 0.3) is 0 Å². The molecule has 28 heavy (non-hydrogen) atoms. The first-order valence-corrected chi connectivity index (χ1v) is 10.2. The van der Waals surface area contributed by atoms with Gasteiger partial charge in [0.05, 0.1) is 30.3 Å². The summed E-state index contributed by atoms with van der Waals surface area (Å²) >= 11 is 0. The maximum Gasteiger partial charge on any atom is 0.266 e. The monoisotopic (exact) mass is 384 g/mol. The Kier molecular flexibility index (Phi) is 6.44. The molecule has 0 radical (unpaired) electrons. The average molecular weight is 385 g/mol. The summed E-state index contributed by atoms with van der Waals surface area (Å²) in [5.41, 5.74) is 1.76. The van der Waals surface area contributed by atoms with E-state index < -0.39 is 0 Å². The SMILES string of the molecule is Cc1cnc(NCC2CCCCN2CCn2nc(C(C)(C)C)ccc2=O)cn1. The van der Waals surface area contributed by atoms with Crippen LogP contribution in [0.15, 0.2) is 29.3 Å². The number of anilines is 1. The number of aromatic nitrogens is 4. The normalized spacial score (nSPS) is 18.2. The maximum absolute atomic E-state index is 12.2. The van der Waals surface area contributed by atoms with Gasteiger partial charge >= 0.3 is 0 Å². The van der Waals surface area contributed by atoms with Crippen molar-refractivity contribution in [2.24, 2.45) is 0 Å². The third-order valence-electron chi connectivity index (χ3n) is 5.28. The third-order valence-corrected chi connectivity index (χ3v) is 5.28. The van der Waals surface area contributed by atoms with Gasteiger partial charge in [-0.15, -0.1) is 0 Å². The van der Waals surface area contributed by atoms with E-state index in [2.05, 4.69) is 46.1 Å². The minimum absolute atomic E-state index is 0.0328. The second-order valence-corrected chi connectivity index (χ2v) is 8.64. The summed E-state index contributed by atoms with van der Waals surface area (Å²) in [5.74, 6) is 0.812. The molecule has 1 N–H and O–H groups in total. The molecule has 1 atom stereocenters. The molecule has 2 aromatic rings. The molecule has 3 rings (SSSR count). The lowest BCUT2D eigenvalue weighted by Crippen LogP contribution is -2.45. The molecule has 1 fully saturated rings. The Morgan fingerprint density at radius 1 is 1.14 bits per heavy atom. The smallest absolute Gasteiger partial charge is 0.266 e. The van der Waals surface area contributed by atoms with Crippen molar-refractivity contribution in [3.63, 3.8) is 0 Å². The van der Waals surface area contributed by atoms with Gasteiger partial charge in [0.1, 0.15) is 5.82 Å². The summed E-state index contributed by atoms with van der Waals surface area (Å²) < 4.78 is 1.62. The van der Waals surface area contributed by atoms with E-state index in [0.717, 1.165) is 43.3 Å². The topological polar surface area (TPSA) is 75.9 Å². The summed E-state index contributed by atoms with van der Waals surface area (Å²) in [7, 11) is 0. The molecule has 1 unspecified atom stereocenters. The van der Waals surface area contributed by atoms with Crippen LogP contribution >= 0.6 is 0 Å². The van der Waals surface area contributed by atoms with Crippen LogP contribution in [0.4, 0.5) is 5.82 Å². The molecule has 3 heterocycles. The Morgan fingerprint density at radius 2 is 1.96 bits per heavy atom. The van der Waals surface area contributed by atoms with Gasteiger partial charge in [0.2, 0.25) is 0 Å². The van der Waals surface area contributed by atoms with Gasteiger partial charge in [-0.2, -0.15) is 5.10 Å². The fourth-order valence-electron chi connectivity index (χ4n) is 3.52. The molecular weight excluding hydrogens is 352 g/mol. The Hall–Kier alpha value is -2.28. The molecule has 7 heteroatoms. The molecule has 1 saturated heterocycles. The van der Waals surface area contributed by atoms with Crippen LogP contribution in [-0.2, 0) is 12.0 Å². The fourth-order valence-corrected chi connectivity index (χ4v) is 3.52. The first-order valence-electron chi connectivity index (χ1n) is 10.2. The minimum atomic E-state index is -0.0674. The van der Waals surface area contributed by atoms with Crippen LogP contribution in [0.5, 0.6) is 0 Å². The Balaban J connectivity index is 1.62. The van der Waals surface area contributed by atoms with Gasteiger partial charge in [-0.05, 0) is 32.4 Å². The standard InChI is InChI=1S/C21H32N6O/c1-16-13-23-19(15-22-16)24-14-17-7-5-6-10-26(17)11-12-27-20(28)9-8-18(25-27)21(2,3)4/h8-9,13,15,17H,5-7,10-12,14H2,1-4H3,(H,23,24). The van der Waals surface area contributed by atoms with Gasteiger partial charge in [-0.25, -0.2) is 9.67 Å². The van der Waals surface area contributed by atoms with Gasteiger partial charge in [-0.3, -0.25) is 14.7 Å². The number of hydrogen-bond acceptors (Lipinski definition) is 6. The zero-order valence-electron chi connectivity index (χ0n) is 17.5. The lowest BCUT2D eigenvalue weighted by molar-refractivity contribution is 0.147.